The van der Waals surface area contributed by atoms with Crippen LogP contribution in [0.3, 0.4) is 0 Å². The molecular formula is C20H20FN7O5. The highest BCUT2D eigenvalue weighted by Crippen LogP contribution is 2.38. The Bertz CT molecular complexity index is 1400. The Balaban J connectivity index is 1.78. The predicted octanol–water partition coefficient (Wildman–Crippen LogP) is 1.43. The van der Waals surface area contributed by atoms with Crippen LogP contribution in [0.15, 0.2) is 27.4 Å². The van der Waals surface area contributed by atoms with Crippen LogP contribution in [0.1, 0.15) is 27.4 Å². The van der Waals surface area contributed by atoms with Crippen LogP contribution in [-0.2, 0) is 11.8 Å². The van der Waals surface area contributed by atoms with Gasteiger partial charge < -0.3 is 25.1 Å². The van der Waals surface area contributed by atoms with E-state index >= 15 is 0 Å². The Morgan fingerprint density at radius 2 is 2.06 bits per heavy atom. The summed E-state index contributed by atoms with van der Waals surface area (Å²) in [4.78, 5) is 36.5. The van der Waals surface area contributed by atoms with E-state index in [0.29, 0.717) is 0 Å². The zero-order valence-corrected chi connectivity index (χ0v) is 17.4. The maximum atomic E-state index is 14.6. The van der Waals surface area contributed by atoms with Gasteiger partial charge in [0.05, 0.1) is 24.0 Å². The number of hydrogen-bond donors (Lipinski definition) is 3. The quantitative estimate of drug-likeness (QED) is 0.475. The molecule has 0 saturated heterocycles. The Hall–Kier alpha value is -4.29. The van der Waals surface area contributed by atoms with Crippen LogP contribution in [0.2, 0.25) is 0 Å². The first kappa shape index (κ1) is 18.3. The molecule has 0 aliphatic heterocycles. The summed E-state index contributed by atoms with van der Waals surface area (Å²) in [7, 11) is 2.62. The molecule has 0 radical (unpaired) electrons. The van der Waals surface area contributed by atoms with Crippen molar-refractivity contribution in [3.05, 3.63) is 40.3 Å². The van der Waals surface area contributed by atoms with E-state index in [-0.39, 0.29) is 46.2 Å². The van der Waals surface area contributed by atoms with Gasteiger partial charge in [-0.25, -0.2) is 9.18 Å². The molecule has 2 amide bonds. The van der Waals surface area contributed by atoms with Crippen LogP contribution in [0.25, 0.3) is 11.5 Å². The number of carbonyl (C=O) groups excluding carboxylic acids is 2. The largest absolute Gasteiger partial charge is 0.494 e. The number of benzene rings is 1. The molecule has 33 heavy (non-hydrogen) atoms. The second-order valence-corrected chi connectivity index (χ2v) is 7.17. The third kappa shape index (κ3) is 4.51. The van der Waals surface area contributed by atoms with E-state index in [2.05, 4.69) is 25.9 Å². The number of hydrogen-bond acceptors (Lipinski definition) is 9. The second kappa shape index (κ2) is 8.68. The first-order valence-electron chi connectivity index (χ1n) is 11.2. The number of nitrogens with zero attached hydrogens (tertiary/aromatic N) is 4. The SMILES string of the molecule is [2H]C([2H])([2H])NC(=O)c1nnc(NC(=O)C2CC2)cc1Nc1cc(F)cc(-c2nn(C)c(=O)o2)c1OC. The van der Waals surface area contributed by atoms with Crippen molar-refractivity contribution < 1.29 is 27.2 Å². The molecule has 0 spiro atoms. The minimum absolute atomic E-state index is 0.0131. The molecule has 0 atom stereocenters. The van der Waals surface area contributed by atoms with Gasteiger partial charge in [-0.1, -0.05) is 0 Å². The number of carbonyl (C=O) groups is 2. The number of nitrogens with one attached hydrogen (secondary N) is 3. The van der Waals surface area contributed by atoms with Crippen molar-refractivity contribution in [1.82, 2.24) is 25.3 Å². The van der Waals surface area contributed by atoms with Gasteiger partial charge in [-0.05, 0) is 18.9 Å². The van der Waals surface area contributed by atoms with Crippen molar-refractivity contribution in [1.29, 1.82) is 0 Å². The number of ether oxygens (including phenoxy) is 1. The van der Waals surface area contributed by atoms with Gasteiger partial charge in [-0.2, -0.15) is 4.68 Å². The predicted molar refractivity (Wildman–Crippen MR) is 114 cm³/mol. The van der Waals surface area contributed by atoms with Crippen molar-refractivity contribution in [2.45, 2.75) is 12.8 Å². The van der Waals surface area contributed by atoms with Crippen LogP contribution in [0.4, 0.5) is 21.6 Å². The van der Waals surface area contributed by atoms with Crippen molar-refractivity contribution in [3.8, 4) is 17.2 Å². The summed E-state index contributed by atoms with van der Waals surface area (Å²) in [5.41, 5.74) is -0.630. The molecule has 2 heterocycles. The summed E-state index contributed by atoms with van der Waals surface area (Å²) in [6, 6.07) is 3.30. The number of amides is 2. The van der Waals surface area contributed by atoms with Crippen molar-refractivity contribution in [3.63, 3.8) is 0 Å². The lowest BCUT2D eigenvalue weighted by molar-refractivity contribution is -0.117. The summed E-state index contributed by atoms with van der Waals surface area (Å²) in [5.74, 6) is -3.37. The molecule has 1 aromatic carbocycles. The van der Waals surface area contributed by atoms with Crippen molar-refractivity contribution >= 4 is 29.0 Å². The molecule has 1 aliphatic carbocycles. The van der Waals surface area contributed by atoms with Crippen LogP contribution in [0.5, 0.6) is 5.75 Å². The minimum Gasteiger partial charge on any atom is -0.494 e. The molecule has 0 unspecified atom stereocenters. The molecule has 12 nitrogen and oxygen atoms in total. The summed E-state index contributed by atoms with van der Waals surface area (Å²) in [6.07, 6.45) is 1.46. The maximum absolute atomic E-state index is 14.6. The molecule has 1 aliphatic rings. The van der Waals surface area contributed by atoms with E-state index < -0.39 is 30.2 Å². The Kier molecular flexibility index (Phi) is 4.82. The van der Waals surface area contributed by atoms with Gasteiger partial charge in [0.1, 0.15) is 5.82 Å². The lowest BCUT2D eigenvalue weighted by Crippen LogP contribution is -2.22. The topological polar surface area (TPSA) is 153 Å². The minimum atomic E-state index is -2.82. The van der Waals surface area contributed by atoms with E-state index in [0.717, 1.165) is 29.7 Å². The van der Waals surface area contributed by atoms with Crippen molar-refractivity contribution in [2.24, 2.45) is 13.0 Å². The Morgan fingerprint density at radius 1 is 1.27 bits per heavy atom. The fourth-order valence-electron chi connectivity index (χ4n) is 3.01. The number of aromatic nitrogens is 4. The van der Waals surface area contributed by atoms with Crippen LogP contribution in [0, 0.1) is 11.7 Å². The smallest absolute Gasteiger partial charge is 0.437 e. The highest BCUT2D eigenvalue weighted by Gasteiger charge is 2.30. The molecule has 13 heteroatoms. The molecule has 0 bridgehead atoms. The average molecular weight is 460 g/mol. The van der Waals surface area contributed by atoms with Gasteiger partial charge >= 0.3 is 5.76 Å². The average Bonchev–Trinajstić information content (AvgIpc) is 3.57. The molecule has 1 fully saturated rings. The molecule has 3 aromatic rings. The van der Waals surface area contributed by atoms with Gasteiger partial charge in [0.2, 0.25) is 5.91 Å². The van der Waals surface area contributed by atoms with E-state index in [1.807, 2.05) is 0 Å². The Labute approximate surface area is 190 Å². The van der Waals surface area contributed by atoms with Crippen LogP contribution < -0.4 is 26.4 Å². The fourth-order valence-corrected chi connectivity index (χ4v) is 3.01. The number of aryl methyl sites for hydroxylation is 1. The van der Waals surface area contributed by atoms with Crippen LogP contribution >= 0.6 is 0 Å². The monoisotopic (exact) mass is 460 g/mol. The van der Waals surface area contributed by atoms with E-state index in [1.165, 1.54) is 20.2 Å². The van der Waals surface area contributed by atoms with Crippen molar-refractivity contribution in [2.75, 3.05) is 24.7 Å². The van der Waals surface area contributed by atoms with E-state index in [9.17, 15) is 18.8 Å². The third-order valence-corrected chi connectivity index (χ3v) is 4.77. The lowest BCUT2D eigenvalue weighted by atomic mass is 10.1. The van der Waals surface area contributed by atoms with Gasteiger partial charge in [-0.3, -0.25) is 9.59 Å². The summed E-state index contributed by atoms with van der Waals surface area (Å²) < 4.78 is 47.8. The van der Waals surface area contributed by atoms with E-state index in [1.54, 1.807) is 5.32 Å². The number of methoxy groups -OCH3 is 1. The molecule has 172 valence electrons. The first-order chi connectivity index (χ1) is 16.9. The van der Waals surface area contributed by atoms with Crippen LogP contribution in [-0.4, -0.2) is 45.9 Å². The molecular weight excluding hydrogens is 437 g/mol. The number of anilines is 3. The van der Waals surface area contributed by atoms with Gasteiger partial charge in [0.25, 0.3) is 11.8 Å². The summed E-state index contributed by atoms with van der Waals surface area (Å²) in [6.45, 7) is -2.82. The highest BCUT2D eigenvalue weighted by molar-refractivity contribution is 6.00. The first-order valence-corrected chi connectivity index (χ1v) is 9.65. The van der Waals surface area contributed by atoms with Gasteiger partial charge in [0, 0.05) is 36.2 Å². The molecule has 1 saturated carbocycles. The highest BCUT2D eigenvalue weighted by atomic mass is 19.1. The maximum Gasteiger partial charge on any atom is 0.437 e. The van der Waals surface area contributed by atoms with Gasteiger partial charge in [-0.15, -0.1) is 15.3 Å². The number of rotatable bonds is 7. The van der Waals surface area contributed by atoms with Gasteiger partial charge in [0.15, 0.2) is 17.3 Å². The lowest BCUT2D eigenvalue weighted by Gasteiger charge is -2.16. The second-order valence-electron chi connectivity index (χ2n) is 7.17. The normalized spacial score (nSPS) is 14.6. The zero-order valence-electron chi connectivity index (χ0n) is 20.4. The molecule has 2 aromatic heterocycles. The number of halogens is 1. The molecule has 3 N–H and O–H groups in total. The third-order valence-electron chi connectivity index (χ3n) is 4.77. The molecule has 4 rings (SSSR count). The summed E-state index contributed by atoms with van der Waals surface area (Å²) in [5, 5.41) is 18.6. The Morgan fingerprint density at radius 3 is 2.70 bits per heavy atom. The zero-order chi connectivity index (χ0) is 26.2. The summed E-state index contributed by atoms with van der Waals surface area (Å²) >= 11 is 0. The van der Waals surface area contributed by atoms with E-state index in [4.69, 9.17) is 13.3 Å². The standard InChI is InChI=1S/C20H20FN7O5/c1-22-18(30)15-12(8-14(25-26-15)24-17(29)9-4-5-9)23-13-7-10(21)6-11(16(13)32-3)19-27-28(2)20(31)33-19/h6-9H,4-5H2,1-3H3,(H,22,30)(H2,23,24,25,29)/i1D3. The fraction of sp³-hybridized carbons (Fsp3) is 0.300.